The molecule has 1 saturated carbocycles. The summed E-state index contributed by atoms with van der Waals surface area (Å²) in [4.78, 5) is 8.30. The van der Waals surface area contributed by atoms with Crippen molar-refractivity contribution in [2.24, 2.45) is 5.92 Å². The summed E-state index contributed by atoms with van der Waals surface area (Å²) in [5, 5.41) is 33.0. The van der Waals surface area contributed by atoms with Gasteiger partial charge < -0.3 is 31.1 Å². The summed E-state index contributed by atoms with van der Waals surface area (Å²) in [6.45, 7) is 1.69. The van der Waals surface area contributed by atoms with Gasteiger partial charge in [-0.05, 0) is 36.6 Å². The van der Waals surface area contributed by atoms with E-state index in [1.165, 1.54) is 0 Å². The Bertz CT molecular complexity index is 835. The number of aliphatic hydroxyl groups is 3. The highest BCUT2D eigenvalue weighted by atomic mass is 35.5. The Hall–Kier alpha value is -2.13. The predicted octanol–water partition coefficient (Wildman–Crippen LogP) is 1.21. The van der Waals surface area contributed by atoms with Gasteiger partial charge in [-0.25, -0.2) is 4.98 Å². The van der Waals surface area contributed by atoms with Crippen molar-refractivity contribution in [3.63, 3.8) is 0 Å². The molecule has 8 nitrogen and oxygen atoms in total. The van der Waals surface area contributed by atoms with E-state index in [4.69, 9.17) is 22.1 Å². The number of aliphatic hydroxyl groups excluding tert-OH is 3. The molecule has 0 unspecified atom stereocenters. The second-order valence-corrected chi connectivity index (χ2v) is 7.05. The molecule has 6 N–H and O–H groups in total. The Morgan fingerprint density at radius 2 is 2.04 bits per heavy atom. The van der Waals surface area contributed by atoms with Crippen molar-refractivity contribution in [3.8, 4) is 16.9 Å². The third-order valence-electron chi connectivity index (χ3n) is 4.94. The Labute approximate surface area is 162 Å². The molecule has 0 saturated heterocycles. The number of rotatable bonds is 5. The zero-order valence-electron chi connectivity index (χ0n) is 15.1. The van der Waals surface area contributed by atoms with Crippen LogP contribution in [0.3, 0.4) is 0 Å². The zero-order chi connectivity index (χ0) is 19.7. The molecule has 0 aliphatic heterocycles. The number of anilines is 2. The lowest BCUT2D eigenvalue weighted by Gasteiger charge is -2.21. The number of hydrogen-bond donors (Lipinski definition) is 5. The average Bonchev–Trinajstić information content (AvgIpc) is 2.90. The van der Waals surface area contributed by atoms with Crippen LogP contribution < -0.4 is 15.8 Å². The second kappa shape index (κ2) is 7.85. The molecule has 1 aliphatic rings. The summed E-state index contributed by atoms with van der Waals surface area (Å²) in [6, 6.07) is 4.99. The van der Waals surface area contributed by atoms with Crippen molar-refractivity contribution in [2.45, 2.75) is 31.6 Å². The average molecular weight is 395 g/mol. The summed E-state index contributed by atoms with van der Waals surface area (Å²) in [6.07, 6.45) is -1.70. The van der Waals surface area contributed by atoms with Gasteiger partial charge in [0, 0.05) is 12.5 Å². The highest BCUT2D eigenvalue weighted by molar-refractivity contribution is 6.32. The smallest absolute Gasteiger partial charge is 0.223 e. The maximum absolute atomic E-state index is 10.3. The number of nitrogens with two attached hydrogens (primary N) is 1. The standard InChI is InChI=1S/C18H23ClN4O4/c1-8-5-10(27-2)3-4-11(8)13-16(19)22-18(20)23-17(13)21-12-6-9(7-24)14(25)15(12)26/h3-5,9,12,14-15,24-26H,6-7H2,1-2H3,(H3,20,21,22,23)/t9-,12-,14-,15+/m1/s1. The van der Waals surface area contributed by atoms with Crippen molar-refractivity contribution in [1.29, 1.82) is 0 Å². The van der Waals surface area contributed by atoms with E-state index in [9.17, 15) is 15.3 Å². The number of nitrogens with one attached hydrogen (secondary N) is 1. The minimum atomic E-state index is -1.05. The van der Waals surface area contributed by atoms with Gasteiger partial charge in [0.2, 0.25) is 5.95 Å². The van der Waals surface area contributed by atoms with Crippen LogP contribution >= 0.6 is 11.6 Å². The van der Waals surface area contributed by atoms with Crippen LogP contribution in [0.1, 0.15) is 12.0 Å². The predicted molar refractivity (Wildman–Crippen MR) is 103 cm³/mol. The first-order chi connectivity index (χ1) is 12.8. The minimum Gasteiger partial charge on any atom is -0.497 e. The lowest BCUT2D eigenvalue weighted by molar-refractivity contribution is 0.00446. The topological polar surface area (TPSA) is 134 Å². The molecule has 9 heteroatoms. The fraction of sp³-hybridized carbons (Fsp3) is 0.444. The first-order valence-corrected chi connectivity index (χ1v) is 8.95. The number of benzene rings is 1. The van der Waals surface area contributed by atoms with Crippen molar-refractivity contribution in [3.05, 3.63) is 28.9 Å². The molecule has 0 spiro atoms. The summed E-state index contributed by atoms with van der Waals surface area (Å²) in [5.74, 6) is 0.636. The first kappa shape index (κ1) is 19.6. The quantitative estimate of drug-likeness (QED) is 0.478. The lowest BCUT2D eigenvalue weighted by atomic mass is 10.0. The second-order valence-electron chi connectivity index (χ2n) is 6.69. The lowest BCUT2D eigenvalue weighted by Crippen LogP contribution is -2.35. The molecule has 1 aromatic heterocycles. The molecule has 0 radical (unpaired) electrons. The van der Waals surface area contributed by atoms with E-state index in [1.807, 2.05) is 19.1 Å². The van der Waals surface area contributed by atoms with Crippen LogP contribution in [0, 0.1) is 12.8 Å². The van der Waals surface area contributed by atoms with E-state index >= 15 is 0 Å². The Kier molecular flexibility index (Phi) is 5.71. The SMILES string of the molecule is COc1ccc(-c2c(Cl)nc(N)nc2N[C@@H]2C[C@H](CO)[C@@H](O)[C@H]2O)c(C)c1. The maximum Gasteiger partial charge on any atom is 0.223 e. The van der Waals surface area contributed by atoms with Crippen LogP contribution in [-0.4, -0.2) is 57.3 Å². The van der Waals surface area contributed by atoms with E-state index in [2.05, 4.69) is 15.3 Å². The van der Waals surface area contributed by atoms with Gasteiger partial charge in [0.15, 0.2) is 0 Å². The summed E-state index contributed by atoms with van der Waals surface area (Å²) in [7, 11) is 1.59. The Morgan fingerprint density at radius 3 is 2.63 bits per heavy atom. The van der Waals surface area contributed by atoms with Gasteiger partial charge in [0.25, 0.3) is 0 Å². The number of ether oxygens (including phenoxy) is 1. The normalized spacial score (nSPS) is 24.8. The number of hydrogen-bond acceptors (Lipinski definition) is 8. The van der Waals surface area contributed by atoms with Gasteiger partial charge in [-0.3, -0.25) is 0 Å². The highest BCUT2D eigenvalue weighted by Gasteiger charge is 2.41. The van der Waals surface area contributed by atoms with Crippen LogP contribution in [-0.2, 0) is 0 Å². The first-order valence-electron chi connectivity index (χ1n) is 8.57. The van der Waals surface area contributed by atoms with Crippen molar-refractivity contribution in [2.75, 3.05) is 24.8 Å². The largest absolute Gasteiger partial charge is 0.497 e. The monoisotopic (exact) mass is 394 g/mol. The van der Waals surface area contributed by atoms with E-state index in [-0.39, 0.29) is 17.7 Å². The maximum atomic E-state index is 10.3. The number of aryl methyl sites for hydroxylation is 1. The molecule has 27 heavy (non-hydrogen) atoms. The number of halogens is 1. The molecule has 1 aromatic carbocycles. The van der Waals surface area contributed by atoms with E-state index in [0.29, 0.717) is 23.6 Å². The number of nitrogen functional groups attached to an aromatic ring is 1. The fourth-order valence-corrected chi connectivity index (χ4v) is 3.74. The Balaban J connectivity index is 2.02. The number of methoxy groups -OCH3 is 1. The van der Waals surface area contributed by atoms with Gasteiger partial charge >= 0.3 is 0 Å². The van der Waals surface area contributed by atoms with E-state index in [0.717, 1.165) is 11.1 Å². The van der Waals surface area contributed by atoms with Crippen molar-refractivity contribution < 1.29 is 20.1 Å². The van der Waals surface area contributed by atoms with Gasteiger partial charge in [-0.2, -0.15) is 4.98 Å². The highest BCUT2D eigenvalue weighted by Crippen LogP contribution is 2.38. The molecule has 0 bridgehead atoms. The van der Waals surface area contributed by atoms with E-state index < -0.39 is 24.2 Å². The van der Waals surface area contributed by atoms with Crippen LogP contribution in [0.4, 0.5) is 11.8 Å². The van der Waals surface area contributed by atoms with Gasteiger partial charge in [0.1, 0.15) is 22.8 Å². The van der Waals surface area contributed by atoms with Crippen LogP contribution in [0.5, 0.6) is 5.75 Å². The van der Waals surface area contributed by atoms with Crippen LogP contribution in [0.2, 0.25) is 5.15 Å². The summed E-state index contributed by atoms with van der Waals surface area (Å²) in [5.41, 5.74) is 7.99. The molecule has 4 atom stereocenters. The van der Waals surface area contributed by atoms with E-state index in [1.54, 1.807) is 13.2 Å². The summed E-state index contributed by atoms with van der Waals surface area (Å²) >= 11 is 6.37. The number of nitrogens with zero attached hydrogens (tertiary/aromatic N) is 2. The third-order valence-corrected chi connectivity index (χ3v) is 5.22. The van der Waals surface area contributed by atoms with Crippen LogP contribution in [0.15, 0.2) is 18.2 Å². The Morgan fingerprint density at radius 1 is 1.30 bits per heavy atom. The molecule has 1 fully saturated rings. The molecule has 0 amide bonds. The van der Waals surface area contributed by atoms with Crippen molar-refractivity contribution >= 4 is 23.4 Å². The molecular weight excluding hydrogens is 372 g/mol. The molecule has 1 heterocycles. The molecule has 146 valence electrons. The van der Waals surface area contributed by atoms with Gasteiger partial charge in [-0.1, -0.05) is 17.7 Å². The minimum absolute atomic E-state index is 0.0100. The van der Waals surface area contributed by atoms with Gasteiger partial charge in [-0.15, -0.1) is 0 Å². The zero-order valence-corrected chi connectivity index (χ0v) is 15.8. The third kappa shape index (κ3) is 3.79. The molecule has 3 rings (SSSR count). The number of aromatic nitrogens is 2. The van der Waals surface area contributed by atoms with Crippen molar-refractivity contribution in [1.82, 2.24) is 9.97 Å². The van der Waals surface area contributed by atoms with Gasteiger partial charge in [0.05, 0.1) is 24.8 Å². The molecular formula is C18H23ClN4O4. The molecule has 1 aliphatic carbocycles. The molecule has 2 aromatic rings. The summed E-state index contributed by atoms with van der Waals surface area (Å²) < 4.78 is 5.24. The fourth-order valence-electron chi connectivity index (χ4n) is 3.46. The van der Waals surface area contributed by atoms with Crippen LogP contribution in [0.25, 0.3) is 11.1 Å².